The predicted octanol–water partition coefficient (Wildman–Crippen LogP) is 3.13. The van der Waals surface area contributed by atoms with Crippen LogP contribution in [-0.2, 0) is 6.54 Å². The van der Waals surface area contributed by atoms with Crippen LogP contribution in [0.15, 0.2) is 54.6 Å². The average molecular weight is 338 g/mol. The molecule has 1 aliphatic heterocycles. The van der Waals surface area contributed by atoms with Gasteiger partial charge in [-0.2, -0.15) is 0 Å². The van der Waals surface area contributed by atoms with Crippen molar-refractivity contribution >= 4 is 5.91 Å². The smallest absolute Gasteiger partial charge is 0.251 e. The fraction of sp³-hybridized carbons (Fsp3) is 0.381. The van der Waals surface area contributed by atoms with E-state index in [1.54, 1.807) is 7.05 Å². The summed E-state index contributed by atoms with van der Waals surface area (Å²) in [7, 11) is 1.64. The molecule has 25 heavy (non-hydrogen) atoms. The number of likely N-dealkylation sites (tertiary alicyclic amines) is 1. The summed E-state index contributed by atoms with van der Waals surface area (Å²) in [4.78, 5) is 14.1. The summed E-state index contributed by atoms with van der Waals surface area (Å²) < 4.78 is 0. The number of carbonyl (C=O) groups is 1. The van der Waals surface area contributed by atoms with E-state index in [-0.39, 0.29) is 5.91 Å². The van der Waals surface area contributed by atoms with Crippen molar-refractivity contribution in [1.82, 2.24) is 10.2 Å². The number of nitrogens with zero attached hydrogens (tertiary/aromatic N) is 1. The van der Waals surface area contributed by atoms with E-state index in [2.05, 4.69) is 10.2 Å². The van der Waals surface area contributed by atoms with E-state index in [4.69, 9.17) is 0 Å². The van der Waals surface area contributed by atoms with Crippen LogP contribution in [0.2, 0.25) is 0 Å². The molecule has 0 aliphatic carbocycles. The monoisotopic (exact) mass is 338 g/mol. The molecular formula is C21H26N2O2. The number of hydrogen-bond acceptors (Lipinski definition) is 3. The molecule has 2 aromatic rings. The topological polar surface area (TPSA) is 52.6 Å². The molecule has 0 unspecified atom stereocenters. The van der Waals surface area contributed by atoms with Crippen LogP contribution in [0.3, 0.4) is 0 Å². The maximum absolute atomic E-state index is 11.6. The van der Waals surface area contributed by atoms with E-state index in [9.17, 15) is 9.90 Å². The van der Waals surface area contributed by atoms with Crippen LogP contribution < -0.4 is 5.32 Å². The number of hydrogen-bond donors (Lipinski definition) is 2. The molecule has 0 saturated carbocycles. The first-order chi connectivity index (χ1) is 12.2. The lowest BCUT2D eigenvalue weighted by molar-refractivity contribution is 0.0963. The quantitative estimate of drug-likeness (QED) is 0.851. The average Bonchev–Trinajstić information content (AvgIpc) is 3.09. The van der Waals surface area contributed by atoms with Crippen molar-refractivity contribution in [3.8, 4) is 0 Å². The summed E-state index contributed by atoms with van der Waals surface area (Å²) >= 11 is 0. The second-order valence-electron chi connectivity index (χ2n) is 6.70. The minimum absolute atomic E-state index is 0.0587. The maximum Gasteiger partial charge on any atom is 0.251 e. The molecule has 0 radical (unpaired) electrons. The molecule has 132 valence electrons. The Morgan fingerprint density at radius 2 is 1.92 bits per heavy atom. The first kappa shape index (κ1) is 17.6. The normalized spacial score (nSPS) is 18.9. The summed E-state index contributed by atoms with van der Waals surface area (Å²) in [5.74, 6) is -0.0587. The Kier molecular flexibility index (Phi) is 5.84. The zero-order valence-corrected chi connectivity index (χ0v) is 14.7. The zero-order chi connectivity index (χ0) is 17.6. The lowest BCUT2D eigenvalue weighted by Gasteiger charge is -2.26. The van der Waals surface area contributed by atoms with Gasteiger partial charge in [0, 0.05) is 25.2 Å². The van der Waals surface area contributed by atoms with Crippen LogP contribution in [0.5, 0.6) is 0 Å². The first-order valence-electron chi connectivity index (χ1n) is 8.95. The number of benzene rings is 2. The van der Waals surface area contributed by atoms with Gasteiger partial charge >= 0.3 is 0 Å². The lowest BCUT2D eigenvalue weighted by Crippen LogP contribution is -2.30. The highest BCUT2D eigenvalue weighted by molar-refractivity contribution is 5.93. The Bertz CT molecular complexity index is 685. The van der Waals surface area contributed by atoms with E-state index in [0.717, 1.165) is 31.5 Å². The van der Waals surface area contributed by atoms with Crippen LogP contribution in [0.25, 0.3) is 0 Å². The summed E-state index contributed by atoms with van der Waals surface area (Å²) in [5.41, 5.74) is 2.88. The van der Waals surface area contributed by atoms with Crippen molar-refractivity contribution in [2.45, 2.75) is 38.0 Å². The van der Waals surface area contributed by atoms with Crippen molar-refractivity contribution < 1.29 is 9.90 Å². The third kappa shape index (κ3) is 4.47. The minimum Gasteiger partial charge on any atom is -0.388 e. The van der Waals surface area contributed by atoms with Gasteiger partial charge in [0.1, 0.15) is 0 Å². The zero-order valence-electron chi connectivity index (χ0n) is 14.7. The SMILES string of the molecule is CNC(=O)c1ccc(CN2CCC[C@H]2C[C@@H](O)c2ccccc2)cc1. The molecule has 3 rings (SSSR count). The van der Waals surface area contributed by atoms with Crippen LogP contribution in [0.4, 0.5) is 0 Å². The Morgan fingerprint density at radius 3 is 2.60 bits per heavy atom. The highest BCUT2D eigenvalue weighted by atomic mass is 16.3. The van der Waals surface area contributed by atoms with E-state index in [0.29, 0.717) is 11.6 Å². The van der Waals surface area contributed by atoms with Crippen molar-refractivity contribution in [2.24, 2.45) is 0 Å². The second kappa shape index (κ2) is 8.28. The Morgan fingerprint density at radius 1 is 1.20 bits per heavy atom. The molecule has 2 N–H and O–H groups in total. The summed E-state index contributed by atoms with van der Waals surface area (Å²) in [5, 5.41) is 13.2. The Hall–Kier alpha value is -2.17. The van der Waals surface area contributed by atoms with Crippen molar-refractivity contribution in [3.63, 3.8) is 0 Å². The lowest BCUT2D eigenvalue weighted by atomic mass is 10.00. The molecule has 1 heterocycles. The number of rotatable bonds is 6. The van der Waals surface area contributed by atoms with Crippen LogP contribution in [0, 0.1) is 0 Å². The number of nitrogens with one attached hydrogen (secondary N) is 1. The largest absolute Gasteiger partial charge is 0.388 e. The van der Waals surface area contributed by atoms with Crippen LogP contribution >= 0.6 is 0 Å². The molecule has 2 aromatic carbocycles. The molecule has 1 saturated heterocycles. The second-order valence-corrected chi connectivity index (χ2v) is 6.70. The number of amides is 1. The Labute approximate surface area is 149 Å². The third-order valence-corrected chi connectivity index (χ3v) is 5.01. The fourth-order valence-corrected chi connectivity index (χ4v) is 3.58. The number of aliphatic hydroxyl groups is 1. The van der Waals surface area contributed by atoms with Crippen LogP contribution in [-0.4, -0.2) is 35.5 Å². The highest BCUT2D eigenvalue weighted by Gasteiger charge is 2.27. The fourth-order valence-electron chi connectivity index (χ4n) is 3.58. The predicted molar refractivity (Wildman–Crippen MR) is 99.3 cm³/mol. The minimum atomic E-state index is -0.414. The molecule has 0 spiro atoms. The summed E-state index contributed by atoms with van der Waals surface area (Å²) in [6, 6.07) is 18.1. The molecule has 4 heteroatoms. The molecule has 2 atom stereocenters. The standard InChI is InChI=1S/C21H26N2O2/c1-22-21(25)18-11-9-16(10-12-18)15-23-13-5-8-19(23)14-20(24)17-6-3-2-4-7-17/h2-4,6-7,9-12,19-20,24H,5,8,13-15H2,1H3,(H,22,25)/t19-,20+/m0/s1. The van der Waals surface area contributed by atoms with Gasteiger partial charge in [0.25, 0.3) is 5.91 Å². The molecule has 1 fully saturated rings. The van der Waals surface area contributed by atoms with Gasteiger partial charge in [-0.15, -0.1) is 0 Å². The van der Waals surface area contributed by atoms with Gasteiger partial charge in [0.15, 0.2) is 0 Å². The molecular weight excluding hydrogens is 312 g/mol. The van der Waals surface area contributed by atoms with Gasteiger partial charge in [-0.25, -0.2) is 0 Å². The van der Waals surface area contributed by atoms with Gasteiger partial charge in [-0.3, -0.25) is 9.69 Å². The first-order valence-corrected chi connectivity index (χ1v) is 8.95. The Balaban J connectivity index is 1.61. The molecule has 4 nitrogen and oxygen atoms in total. The van der Waals surface area contributed by atoms with Crippen molar-refractivity contribution in [3.05, 3.63) is 71.3 Å². The molecule has 0 bridgehead atoms. The maximum atomic E-state index is 11.6. The van der Waals surface area contributed by atoms with Crippen molar-refractivity contribution in [2.75, 3.05) is 13.6 Å². The molecule has 0 aromatic heterocycles. The summed E-state index contributed by atoms with van der Waals surface area (Å²) in [6.07, 6.45) is 2.64. The van der Waals surface area contributed by atoms with Crippen molar-refractivity contribution in [1.29, 1.82) is 0 Å². The highest BCUT2D eigenvalue weighted by Crippen LogP contribution is 2.28. The van der Waals surface area contributed by atoms with Crippen LogP contribution in [0.1, 0.15) is 46.9 Å². The molecule has 1 aliphatic rings. The van der Waals surface area contributed by atoms with E-state index in [1.165, 1.54) is 12.0 Å². The third-order valence-electron chi connectivity index (χ3n) is 5.01. The van der Waals surface area contributed by atoms with Gasteiger partial charge in [0.2, 0.25) is 0 Å². The van der Waals surface area contributed by atoms with E-state index >= 15 is 0 Å². The molecule has 1 amide bonds. The van der Waals surface area contributed by atoms with Gasteiger partial charge in [0.05, 0.1) is 6.10 Å². The van der Waals surface area contributed by atoms with Gasteiger partial charge in [-0.05, 0) is 49.1 Å². The van der Waals surface area contributed by atoms with Gasteiger partial charge in [-0.1, -0.05) is 42.5 Å². The van der Waals surface area contributed by atoms with Gasteiger partial charge < -0.3 is 10.4 Å². The summed E-state index contributed by atoms with van der Waals surface area (Å²) in [6.45, 7) is 1.92. The van der Waals surface area contributed by atoms with E-state index < -0.39 is 6.10 Å². The number of aliphatic hydroxyl groups excluding tert-OH is 1. The number of carbonyl (C=O) groups excluding carboxylic acids is 1. The van der Waals surface area contributed by atoms with E-state index in [1.807, 2.05) is 54.6 Å².